The average molecular weight is 1370 g/mol. The Morgan fingerprint density at radius 2 is 0.691 bits per heavy atom. The zero-order chi connectivity index (χ0) is 57.5. The van der Waals surface area contributed by atoms with E-state index in [0.717, 1.165) is 31.2 Å². The van der Waals surface area contributed by atoms with Crippen molar-refractivity contribution in [2.45, 2.75) is 135 Å². The summed E-state index contributed by atoms with van der Waals surface area (Å²) >= 11 is 7.09. The molecule has 4 aromatic carbocycles. The number of fused-ring (bicyclic) bond motifs is 6. The fraction of sp³-hybridized carbons (Fsp3) is 0.492. The van der Waals surface area contributed by atoms with Crippen molar-refractivity contribution in [1.29, 1.82) is 0 Å². The Balaban J connectivity index is 0.000000274. The third-order valence-electron chi connectivity index (χ3n) is 15.4. The van der Waals surface area contributed by atoms with Gasteiger partial charge in [0.1, 0.15) is 91.6 Å². The molecule has 0 bridgehead atoms. The van der Waals surface area contributed by atoms with Gasteiger partial charge in [0.25, 0.3) is 0 Å². The maximum Gasteiger partial charge on any atom is 0.147 e. The molecule has 0 amide bonds. The molecule has 0 unspecified atom stereocenters. The van der Waals surface area contributed by atoms with Crippen LogP contribution in [0.1, 0.15) is 66.5 Å². The fourth-order valence-corrected chi connectivity index (χ4v) is 11.9. The van der Waals surface area contributed by atoms with Crippen LogP contribution in [0.25, 0.3) is 22.3 Å². The summed E-state index contributed by atoms with van der Waals surface area (Å²) < 4.78 is 18.0. The number of aliphatic hydroxyl groups excluding tert-OH is 16. The molecule has 0 spiro atoms. The Bertz CT molecular complexity index is 2740. The lowest BCUT2D eigenvalue weighted by molar-refractivity contribution is -0.214. The highest BCUT2D eigenvalue weighted by Gasteiger charge is 2.47. The zero-order valence-electron chi connectivity index (χ0n) is 43.0. The lowest BCUT2D eigenvalue weighted by Crippen LogP contribution is -2.58. The lowest BCUT2D eigenvalue weighted by Gasteiger charge is -2.37. The van der Waals surface area contributed by atoms with Crippen molar-refractivity contribution in [1.82, 2.24) is 0 Å². The summed E-state index contributed by atoms with van der Waals surface area (Å²) in [6.07, 6.45) is -12.8. The van der Waals surface area contributed by atoms with Crippen molar-refractivity contribution in [2.75, 3.05) is 46.2 Å². The maximum absolute atomic E-state index is 10.4. The van der Waals surface area contributed by atoms with E-state index < -0.39 is 117 Å². The summed E-state index contributed by atoms with van der Waals surface area (Å²) in [4.78, 5) is 0. The van der Waals surface area contributed by atoms with Gasteiger partial charge >= 0.3 is 0 Å². The van der Waals surface area contributed by atoms with Gasteiger partial charge in [-0.25, -0.2) is 0 Å². The molecule has 0 saturated carbocycles. The van der Waals surface area contributed by atoms with Gasteiger partial charge in [-0.15, -0.1) is 30.4 Å². The number of hydrogen-bond acceptors (Lipinski definition) is 19. The molecule has 19 nitrogen and oxygen atoms in total. The molecule has 81 heavy (non-hydrogen) atoms. The van der Waals surface area contributed by atoms with Gasteiger partial charge in [0, 0.05) is 57.3 Å². The van der Waals surface area contributed by atoms with Gasteiger partial charge in [-0.1, -0.05) is 93.2 Å². The second kappa shape index (κ2) is 30.0. The van der Waals surface area contributed by atoms with E-state index in [4.69, 9.17) is 25.7 Å². The van der Waals surface area contributed by atoms with Gasteiger partial charge in [-0.05, 0) is 119 Å². The molecule has 4 aromatic rings. The van der Waals surface area contributed by atoms with E-state index in [1.165, 1.54) is 22.3 Å². The van der Waals surface area contributed by atoms with Crippen molar-refractivity contribution in [3.05, 3.63) is 115 Å². The predicted octanol–water partition coefficient (Wildman–Crippen LogP) is 0.0647. The Morgan fingerprint density at radius 3 is 0.988 bits per heavy atom. The van der Waals surface area contributed by atoms with Gasteiger partial charge in [-0.3, -0.25) is 0 Å². The molecule has 0 radical (unpaired) electrons. The standard InChI is InChI=1S/C33H38O12.C17H16Br2O2.C8H12O5.CH4.HI/c34-11-9-33(10-12-35)21-13-17(3-7-23-27(38)31(42)29(40)25(15-36)44-23)1-5-19(21)20-6-2-18(14-22(20)33)4-8-24-28(39)32(43)30(41)26(16-37)45-24;18-11-1-3-13-14-4-2-12(19)10-16(14)17(5-7-20,6-8-21)15(13)9-11;1-2-4-6(10)8(12)7(11)5(3-9)13-4;;/h1-2,5-6,13-14,23-32,34-43H,9-12,15-16H2;1-4,9-10,20-21H,5-8H2;1,4-12H,3H2;1H4;1H/t23-,24-,25-,26-,27-,28-,29-,30-,31-,32-;;4-,5-,6-,7-,8-;;/m1.1../s1. The van der Waals surface area contributed by atoms with Gasteiger partial charge in [0.2, 0.25) is 0 Å². The Kier molecular flexibility index (Phi) is 25.3. The summed E-state index contributed by atoms with van der Waals surface area (Å²) in [5.74, 6) is 13.5. The Labute approximate surface area is 503 Å². The molecule has 0 aromatic heterocycles. The number of ether oxygens (including phenoxy) is 3. The van der Waals surface area contributed by atoms with E-state index in [1.54, 1.807) is 12.1 Å². The predicted molar refractivity (Wildman–Crippen MR) is 314 cm³/mol. The number of terminal acetylenes is 1. The largest absolute Gasteiger partial charge is 0.396 e. The Hall–Kier alpha value is -3.51. The van der Waals surface area contributed by atoms with Crippen molar-refractivity contribution in [3.63, 3.8) is 0 Å². The zero-order valence-corrected chi connectivity index (χ0v) is 48.5. The minimum Gasteiger partial charge on any atom is -0.396 e. The Morgan fingerprint density at radius 1 is 0.407 bits per heavy atom. The number of rotatable bonds is 11. The summed E-state index contributed by atoms with van der Waals surface area (Å²) in [7, 11) is 0. The van der Waals surface area contributed by atoms with Gasteiger partial charge in [0.05, 0.1) is 19.8 Å². The first-order valence-electron chi connectivity index (χ1n) is 25.6. The van der Waals surface area contributed by atoms with E-state index in [2.05, 4.69) is 85.7 Å². The first kappa shape index (κ1) is 68.3. The van der Waals surface area contributed by atoms with E-state index in [1.807, 2.05) is 36.4 Å². The van der Waals surface area contributed by atoms with Crippen LogP contribution in [0, 0.1) is 36.0 Å². The topological polar surface area (TPSA) is 351 Å². The molecule has 16 N–H and O–H groups in total. The smallest absolute Gasteiger partial charge is 0.147 e. The first-order chi connectivity index (χ1) is 37.8. The second-order valence-corrected chi connectivity index (χ2v) is 21.7. The minimum atomic E-state index is -1.55. The SMILES string of the molecule is C.C#C[C@H]1O[C@H](CO)[C@@H](O)[C@H](O)[C@@H]1O.I.OCCC1(CCO)c2cc(Br)ccc2-c2ccc(Br)cc21.OCCC1(CCO)c2cc(C#C[C@H]3O[C@H](CO)[C@@H](O)[C@H](O)[C@@H]3O)ccc2-c2ccc(C#C[C@H]3O[C@H](CO)[C@@H](O)[C@H](O)[C@@H]3O)cc21. The molecule has 22 heteroatoms. The number of halogens is 3. The third-order valence-corrected chi connectivity index (χ3v) is 16.3. The van der Waals surface area contributed by atoms with Crippen LogP contribution in [0.2, 0.25) is 0 Å². The van der Waals surface area contributed by atoms with Gasteiger partial charge in [-0.2, -0.15) is 0 Å². The van der Waals surface area contributed by atoms with Crippen LogP contribution < -0.4 is 0 Å². The highest BCUT2D eigenvalue weighted by Crippen LogP contribution is 2.55. The van der Waals surface area contributed by atoms with Crippen LogP contribution in [0.3, 0.4) is 0 Å². The minimum absolute atomic E-state index is 0. The van der Waals surface area contributed by atoms with Crippen molar-refractivity contribution in [3.8, 4) is 58.3 Å². The van der Waals surface area contributed by atoms with E-state index >= 15 is 0 Å². The second-order valence-electron chi connectivity index (χ2n) is 19.9. The normalized spacial score (nSPS) is 29.7. The van der Waals surface area contributed by atoms with Crippen molar-refractivity contribution in [2.24, 2.45) is 0 Å². The molecular weight excluding hydrogens is 1300 g/mol. The molecule has 2 aliphatic carbocycles. The molecule has 9 rings (SSSR count). The highest BCUT2D eigenvalue weighted by molar-refractivity contribution is 14.0. The van der Waals surface area contributed by atoms with Crippen LogP contribution in [0.15, 0.2) is 81.7 Å². The molecule has 15 atom stereocenters. The lowest BCUT2D eigenvalue weighted by atomic mass is 9.72. The maximum atomic E-state index is 10.4. The van der Waals surface area contributed by atoms with E-state index in [9.17, 15) is 76.6 Å². The van der Waals surface area contributed by atoms with E-state index in [-0.39, 0.29) is 76.1 Å². The molecule has 442 valence electrons. The molecule has 3 heterocycles. The van der Waals surface area contributed by atoms with Crippen LogP contribution in [0.5, 0.6) is 0 Å². The molecule has 3 saturated heterocycles. The van der Waals surface area contributed by atoms with Crippen LogP contribution in [-0.4, -0.2) is 220 Å². The first-order valence-corrected chi connectivity index (χ1v) is 27.2. The van der Waals surface area contributed by atoms with E-state index in [0.29, 0.717) is 24.0 Å². The third kappa shape index (κ3) is 13.9. The average Bonchev–Trinajstić information content (AvgIpc) is 3.86. The van der Waals surface area contributed by atoms with Crippen LogP contribution >= 0.6 is 55.8 Å². The highest BCUT2D eigenvalue weighted by atomic mass is 127. The molecule has 3 aliphatic heterocycles. The number of benzene rings is 4. The van der Waals surface area contributed by atoms with Crippen molar-refractivity contribution >= 4 is 55.8 Å². The monoisotopic (exact) mass is 1370 g/mol. The molecular formula is C59H71Br2IO19. The summed E-state index contributed by atoms with van der Waals surface area (Å²) in [5.41, 5.74) is 8.02. The summed E-state index contributed by atoms with van der Waals surface area (Å²) in [5, 5.41) is 156. The quantitative estimate of drug-likeness (QED) is 0.0698. The summed E-state index contributed by atoms with van der Waals surface area (Å²) in [6.45, 7) is -1.79. The van der Waals surface area contributed by atoms with Crippen molar-refractivity contribution < 1.29 is 95.9 Å². The fourth-order valence-electron chi connectivity index (χ4n) is 11.2. The van der Waals surface area contributed by atoms with Gasteiger partial charge < -0.3 is 95.9 Å². The molecule has 5 aliphatic rings. The molecule has 3 fully saturated rings. The number of hydrogen-bond donors (Lipinski definition) is 16. The number of aliphatic hydroxyl groups is 16. The van der Waals surface area contributed by atoms with Gasteiger partial charge in [0.15, 0.2) is 0 Å². The van der Waals surface area contributed by atoms with Crippen LogP contribution in [-0.2, 0) is 25.0 Å². The summed E-state index contributed by atoms with van der Waals surface area (Å²) in [6, 6.07) is 23.5. The van der Waals surface area contributed by atoms with Crippen LogP contribution in [0.4, 0.5) is 0 Å².